The Morgan fingerprint density at radius 1 is 1.15 bits per heavy atom. The highest BCUT2D eigenvalue weighted by molar-refractivity contribution is 5.66. The van der Waals surface area contributed by atoms with Crippen LogP contribution < -0.4 is 5.32 Å². The molecule has 1 aromatic heterocycles. The molecule has 0 atom stereocenters. The van der Waals surface area contributed by atoms with E-state index in [4.69, 9.17) is 14.7 Å². The Bertz CT molecular complexity index is 615. The third-order valence-electron chi connectivity index (χ3n) is 3.76. The largest absolute Gasteiger partial charge is 0.376 e. The number of fused-ring (bicyclic) bond motifs is 1. The second-order valence-electron chi connectivity index (χ2n) is 5.14. The van der Waals surface area contributed by atoms with Gasteiger partial charge in [-0.25, -0.2) is 9.97 Å². The van der Waals surface area contributed by atoms with E-state index in [0.29, 0.717) is 6.61 Å². The zero-order valence-corrected chi connectivity index (χ0v) is 12.2. The van der Waals surface area contributed by atoms with E-state index in [0.717, 1.165) is 41.5 Å². The van der Waals surface area contributed by atoms with Crippen molar-refractivity contribution < 1.29 is 4.74 Å². The molecule has 0 unspecified atom stereocenters. The minimum Gasteiger partial charge on any atom is -0.376 e. The molecule has 0 saturated heterocycles. The summed E-state index contributed by atoms with van der Waals surface area (Å²) in [6, 6.07) is 6.28. The van der Waals surface area contributed by atoms with E-state index in [1.165, 1.54) is 11.1 Å². The van der Waals surface area contributed by atoms with Crippen LogP contribution in [0.25, 0.3) is 11.4 Å². The third-order valence-corrected chi connectivity index (χ3v) is 3.76. The van der Waals surface area contributed by atoms with Gasteiger partial charge in [0.2, 0.25) is 0 Å². The lowest BCUT2D eigenvalue weighted by molar-refractivity contribution is 0.109. The van der Waals surface area contributed by atoms with Gasteiger partial charge in [0.05, 0.1) is 18.9 Å². The number of benzene rings is 1. The molecule has 1 N–H and O–H groups in total. The zero-order chi connectivity index (χ0) is 14.1. The Morgan fingerprint density at radius 2 is 1.90 bits per heavy atom. The molecular weight excluding hydrogens is 250 g/mol. The second-order valence-corrected chi connectivity index (χ2v) is 5.14. The standard InChI is InChI=1S/C16H19N3O/c1-10-5-4-6-11(2)14(10)16-18-13-7-8-20-9-12(13)15(17-3)19-16/h4-6H,7-9H2,1-3H3,(H,17,18,19). The summed E-state index contributed by atoms with van der Waals surface area (Å²) in [4.78, 5) is 9.48. The highest BCUT2D eigenvalue weighted by atomic mass is 16.5. The molecule has 0 spiro atoms. The molecule has 2 heterocycles. The molecule has 0 bridgehead atoms. The number of ether oxygens (including phenoxy) is 1. The smallest absolute Gasteiger partial charge is 0.162 e. The van der Waals surface area contributed by atoms with Crippen molar-refractivity contribution in [3.63, 3.8) is 0 Å². The van der Waals surface area contributed by atoms with E-state index in [2.05, 4.69) is 37.4 Å². The van der Waals surface area contributed by atoms with Crippen molar-refractivity contribution in [1.82, 2.24) is 9.97 Å². The third kappa shape index (κ3) is 2.16. The van der Waals surface area contributed by atoms with E-state index in [1.54, 1.807) is 0 Å². The normalized spacial score (nSPS) is 13.9. The molecule has 4 heteroatoms. The highest BCUT2D eigenvalue weighted by Crippen LogP contribution is 2.29. The van der Waals surface area contributed by atoms with Crippen molar-refractivity contribution in [3.8, 4) is 11.4 Å². The highest BCUT2D eigenvalue weighted by Gasteiger charge is 2.19. The monoisotopic (exact) mass is 269 g/mol. The molecule has 0 amide bonds. The molecule has 3 rings (SSSR count). The number of aryl methyl sites for hydroxylation is 2. The fraction of sp³-hybridized carbons (Fsp3) is 0.375. The maximum Gasteiger partial charge on any atom is 0.162 e. The number of hydrogen-bond acceptors (Lipinski definition) is 4. The van der Waals surface area contributed by atoms with Gasteiger partial charge in [-0.05, 0) is 25.0 Å². The van der Waals surface area contributed by atoms with E-state index in [-0.39, 0.29) is 0 Å². The number of anilines is 1. The number of rotatable bonds is 2. The first-order valence-corrected chi connectivity index (χ1v) is 6.92. The predicted octanol–water partition coefficient (Wildman–Crippen LogP) is 2.87. The first-order valence-electron chi connectivity index (χ1n) is 6.92. The number of nitrogens with one attached hydrogen (secondary N) is 1. The van der Waals surface area contributed by atoms with E-state index in [1.807, 2.05) is 7.05 Å². The van der Waals surface area contributed by atoms with Crippen LogP contribution in [0.2, 0.25) is 0 Å². The Labute approximate surface area is 119 Å². The van der Waals surface area contributed by atoms with Gasteiger partial charge in [-0.1, -0.05) is 18.2 Å². The minimum absolute atomic E-state index is 0.596. The second kappa shape index (κ2) is 5.21. The van der Waals surface area contributed by atoms with Crippen LogP contribution in [0.3, 0.4) is 0 Å². The van der Waals surface area contributed by atoms with Gasteiger partial charge in [0, 0.05) is 24.6 Å². The number of hydrogen-bond donors (Lipinski definition) is 1. The van der Waals surface area contributed by atoms with Crippen LogP contribution in [-0.2, 0) is 17.8 Å². The van der Waals surface area contributed by atoms with Crippen molar-refractivity contribution in [2.45, 2.75) is 26.9 Å². The van der Waals surface area contributed by atoms with Crippen molar-refractivity contribution >= 4 is 5.82 Å². The average molecular weight is 269 g/mol. The summed E-state index contributed by atoms with van der Waals surface area (Å²) in [6.45, 7) is 5.54. The van der Waals surface area contributed by atoms with Crippen LogP contribution in [0.4, 0.5) is 5.82 Å². The van der Waals surface area contributed by atoms with Crippen molar-refractivity contribution in [2.24, 2.45) is 0 Å². The minimum atomic E-state index is 0.596. The molecular formula is C16H19N3O. The maximum absolute atomic E-state index is 5.51. The van der Waals surface area contributed by atoms with Crippen molar-refractivity contribution in [2.75, 3.05) is 19.0 Å². The topological polar surface area (TPSA) is 47.0 Å². The molecule has 1 aliphatic rings. The van der Waals surface area contributed by atoms with E-state index >= 15 is 0 Å². The predicted molar refractivity (Wildman–Crippen MR) is 79.8 cm³/mol. The Kier molecular flexibility index (Phi) is 3.40. The molecule has 0 fully saturated rings. The van der Waals surface area contributed by atoms with Gasteiger partial charge in [0.25, 0.3) is 0 Å². The number of nitrogens with zero attached hydrogens (tertiary/aromatic N) is 2. The van der Waals surface area contributed by atoms with Gasteiger partial charge in [0.15, 0.2) is 5.82 Å². The molecule has 0 saturated carbocycles. The van der Waals surface area contributed by atoms with Gasteiger partial charge in [-0.3, -0.25) is 0 Å². The molecule has 104 valence electrons. The lowest BCUT2D eigenvalue weighted by Gasteiger charge is -2.20. The Hall–Kier alpha value is -1.94. The average Bonchev–Trinajstić information content (AvgIpc) is 2.46. The summed E-state index contributed by atoms with van der Waals surface area (Å²) in [6.07, 6.45) is 0.852. The van der Waals surface area contributed by atoms with Crippen molar-refractivity contribution in [1.29, 1.82) is 0 Å². The molecule has 1 aliphatic heterocycles. The van der Waals surface area contributed by atoms with Crippen LogP contribution in [0, 0.1) is 13.8 Å². The number of aromatic nitrogens is 2. The lowest BCUT2D eigenvalue weighted by Crippen LogP contribution is -2.16. The van der Waals surface area contributed by atoms with Crippen molar-refractivity contribution in [3.05, 3.63) is 40.6 Å². The summed E-state index contributed by atoms with van der Waals surface area (Å²) in [5.41, 5.74) is 5.75. The summed E-state index contributed by atoms with van der Waals surface area (Å²) >= 11 is 0. The quantitative estimate of drug-likeness (QED) is 0.910. The zero-order valence-electron chi connectivity index (χ0n) is 12.2. The summed E-state index contributed by atoms with van der Waals surface area (Å²) in [5.74, 6) is 1.69. The molecule has 4 nitrogen and oxygen atoms in total. The van der Waals surface area contributed by atoms with Crippen LogP contribution in [0.5, 0.6) is 0 Å². The van der Waals surface area contributed by atoms with Crippen LogP contribution in [0.15, 0.2) is 18.2 Å². The molecule has 1 aromatic carbocycles. The van der Waals surface area contributed by atoms with E-state index in [9.17, 15) is 0 Å². The summed E-state index contributed by atoms with van der Waals surface area (Å²) in [5, 5.41) is 3.17. The van der Waals surface area contributed by atoms with Gasteiger partial charge in [-0.2, -0.15) is 0 Å². The van der Waals surface area contributed by atoms with Crippen LogP contribution in [0.1, 0.15) is 22.4 Å². The van der Waals surface area contributed by atoms with Crippen LogP contribution in [-0.4, -0.2) is 23.6 Å². The summed E-state index contributed by atoms with van der Waals surface area (Å²) in [7, 11) is 1.89. The van der Waals surface area contributed by atoms with Crippen LogP contribution >= 0.6 is 0 Å². The van der Waals surface area contributed by atoms with E-state index < -0.39 is 0 Å². The molecule has 20 heavy (non-hydrogen) atoms. The molecule has 2 aromatic rings. The fourth-order valence-electron chi connectivity index (χ4n) is 2.72. The van der Waals surface area contributed by atoms with Gasteiger partial charge >= 0.3 is 0 Å². The SMILES string of the molecule is CNc1nc(-c2c(C)cccc2C)nc2c1COCC2. The first-order chi connectivity index (χ1) is 9.70. The maximum atomic E-state index is 5.51. The van der Waals surface area contributed by atoms with Gasteiger partial charge in [0.1, 0.15) is 5.82 Å². The fourth-order valence-corrected chi connectivity index (χ4v) is 2.72. The molecule has 0 radical (unpaired) electrons. The molecule has 0 aliphatic carbocycles. The first kappa shape index (κ1) is 13.1. The van der Waals surface area contributed by atoms with Gasteiger partial charge < -0.3 is 10.1 Å². The van der Waals surface area contributed by atoms with Gasteiger partial charge in [-0.15, -0.1) is 0 Å². The Morgan fingerprint density at radius 3 is 2.60 bits per heavy atom. The summed E-state index contributed by atoms with van der Waals surface area (Å²) < 4.78 is 5.51. The lowest BCUT2D eigenvalue weighted by atomic mass is 10.0. The Balaban J connectivity index is 2.20.